The second-order valence-electron chi connectivity index (χ2n) is 7.38. The number of carbonyl (C=O) groups is 1. The van der Waals surface area contributed by atoms with Gasteiger partial charge < -0.3 is 4.74 Å². The van der Waals surface area contributed by atoms with Crippen LogP contribution >= 0.6 is 0 Å². The van der Waals surface area contributed by atoms with Gasteiger partial charge in [-0.15, -0.1) is 0 Å². The van der Waals surface area contributed by atoms with Crippen molar-refractivity contribution in [3.05, 3.63) is 95.8 Å². The van der Waals surface area contributed by atoms with Crippen molar-refractivity contribution in [2.75, 3.05) is 0 Å². The molecule has 2 aromatic carbocycles. The lowest BCUT2D eigenvalue weighted by atomic mass is 10.0. The highest BCUT2D eigenvalue weighted by Crippen LogP contribution is 2.24. The molecule has 31 heavy (non-hydrogen) atoms. The van der Waals surface area contributed by atoms with Gasteiger partial charge in [-0.1, -0.05) is 42.5 Å². The smallest absolute Gasteiger partial charge is 0.258 e. The van der Waals surface area contributed by atoms with Crippen LogP contribution in [0.25, 0.3) is 0 Å². The number of amides is 1. The molecule has 0 radical (unpaired) electrons. The number of aromatic nitrogens is 1. The predicted molar refractivity (Wildman–Crippen MR) is 119 cm³/mol. The third-order valence-corrected chi connectivity index (χ3v) is 5.18. The molecule has 2 atom stereocenters. The quantitative estimate of drug-likeness (QED) is 0.408. The monoisotopic (exact) mass is 415 g/mol. The number of rotatable bonds is 7. The van der Waals surface area contributed by atoms with E-state index in [1.54, 1.807) is 12.4 Å². The zero-order chi connectivity index (χ0) is 21.5. The molecule has 1 fully saturated rings. The number of carbonyl (C=O) groups excluding carboxylic acids is 1. The second-order valence-corrected chi connectivity index (χ2v) is 7.38. The van der Waals surface area contributed by atoms with Crippen LogP contribution in [0.2, 0.25) is 0 Å². The third-order valence-electron chi connectivity index (χ3n) is 5.18. The minimum atomic E-state index is -0.368. The maximum Gasteiger partial charge on any atom is 0.258 e. The summed E-state index contributed by atoms with van der Waals surface area (Å²) in [5, 5.41) is 4.20. The number of benzene rings is 2. The normalized spacial score (nSPS) is 18.5. The number of pyridine rings is 1. The lowest BCUT2D eigenvalue weighted by molar-refractivity contribution is -0.122. The summed E-state index contributed by atoms with van der Waals surface area (Å²) in [6.45, 7) is 2.38. The summed E-state index contributed by atoms with van der Waals surface area (Å²) in [6, 6.07) is 21.4. The number of ether oxygens (including phenoxy) is 1. The first-order valence-electron chi connectivity index (χ1n) is 10.2. The van der Waals surface area contributed by atoms with Gasteiger partial charge in [-0.25, -0.2) is 16.3 Å². The number of nitrogens with one attached hydrogen (secondary N) is 3. The first-order valence-corrected chi connectivity index (χ1v) is 10.2. The van der Waals surface area contributed by atoms with E-state index in [9.17, 15) is 4.79 Å². The van der Waals surface area contributed by atoms with E-state index in [0.717, 1.165) is 28.2 Å². The molecule has 0 bridgehead atoms. The van der Waals surface area contributed by atoms with E-state index in [4.69, 9.17) is 4.74 Å². The van der Waals surface area contributed by atoms with Gasteiger partial charge in [0.15, 0.2) is 0 Å². The minimum absolute atomic E-state index is 0.0317. The van der Waals surface area contributed by atoms with E-state index in [1.807, 2.05) is 73.7 Å². The maximum atomic E-state index is 12.5. The van der Waals surface area contributed by atoms with Crippen LogP contribution in [0, 0.1) is 0 Å². The Kier molecular flexibility index (Phi) is 6.66. The zero-order valence-corrected chi connectivity index (χ0v) is 17.3. The van der Waals surface area contributed by atoms with Crippen LogP contribution in [0.4, 0.5) is 0 Å². The maximum absolute atomic E-state index is 12.5. The molecular weight excluding hydrogens is 390 g/mol. The van der Waals surface area contributed by atoms with Crippen molar-refractivity contribution in [1.82, 2.24) is 21.3 Å². The predicted octanol–water partition coefficient (Wildman–Crippen LogP) is 3.11. The van der Waals surface area contributed by atoms with Crippen LogP contribution < -0.4 is 21.0 Å². The Balaban J connectivity index is 1.28. The molecule has 7 nitrogen and oxygen atoms in total. The Morgan fingerprint density at radius 1 is 1.06 bits per heavy atom. The van der Waals surface area contributed by atoms with Crippen molar-refractivity contribution in [3.8, 4) is 5.75 Å². The highest BCUT2D eigenvalue weighted by Gasteiger charge is 2.30. The third kappa shape index (κ3) is 5.53. The summed E-state index contributed by atoms with van der Waals surface area (Å²) in [7, 11) is 0. The van der Waals surface area contributed by atoms with Gasteiger partial charge in [-0.3, -0.25) is 9.78 Å². The number of nitrogens with zero attached hydrogens (tertiary/aromatic N) is 2. The van der Waals surface area contributed by atoms with E-state index in [-0.39, 0.29) is 18.0 Å². The van der Waals surface area contributed by atoms with Crippen molar-refractivity contribution in [3.63, 3.8) is 0 Å². The molecule has 4 rings (SSSR count). The molecular formula is C24H25N5O2. The van der Waals surface area contributed by atoms with Gasteiger partial charge in [0.25, 0.3) is 5.91 Å². The SMILES string of the molecule is C/C(=N\NC(=O)C1CC(c2ccc(OCc3ccccc3)cc2)NN1)c1ccncc1. The fraction of sp³-hybridized carbons (Fsp3) is 0.208. The van der Waals surface area contributed by atoms with Gasteiger partial charge in [-0.05, 0) is 48.7 Å². The molecule has 1 aromatic heterocycles. The largest absolute Gasteiger partial charge is 0.489 e. The van der Waals surface area contributed by atoms with Gasteiger partial charge in [0.05, 0.1) is 5.71 Å². The number of hydrazine groups is 1. The standard InChI is InChI=1S/C24H25N5O2/c1-17(19-11-13-25-14-12-19)26-29-24(30)23-15-22(27-28-23)20-7-9-21(10-8-20)31-16-18-5-3-2-4-6-18/h2-14,22-23,27-28H,15-16H2,1H3,(H,29,30)/b26-17+. The van der Waals surface area contributed by atoms with Crippen LogP contribution in [0.3, 0.4) is 0 Å². The average Bonchev–Trinajstić information content (AvgIpc) is 3.33. The summed E-state index contributed by atoms with van der Waals surface area (Å²) < 4.78 is 5.84. The molecule has 0 spiro atoms. The van der Waals surface area contributed by atoms with Gasteiger partial charge in [-0.2, -0.15) is 5.10 Å². The molecule has 2 unspecified atom stereocenters. The summed E-state index contributed by atoms with van der Waals surface area (Å²) >= 11 is 0. The number of hydrogen-bond donors (Lipinski definition) is 3. The molecule has 7 heteroatoms. The lowest BCUT2D eigenvalue weighted by Crippen LogP contribution is -2.41. The van der Waals surface area contributed by atoms with Crippen molar-refractivity contribution in [2.45, 2.75) is 32.0 Å². The Labute approximate surface area is 181 Å². The van der Waals surface area contributed by atoms with Crippen molar-refractivity contribution in [1.29, 1.82) is 0 Å². The van der Waals surface area contributed by atoms with E-state index in [0.29, 0.717) is 13.0 Å². The molecule has 2 heterocycles. The first-order chi connectivity index (χ1) is 15.2. The number of hydrazone groups is 1. The van der Waals surface area contributed by atoms with Crippen molar-refractivity contribution in [2.24, 2.45) is 5.10 Å². The Morgan fingerprint density at radius 3 is 2.55 bits per heavy atom. The molecule has 3 aromatic rings. The number of hydrogen-bond acceptors (Lipinski definition) is 6. The molecule has 158 valence electrons. The van der Waals surface area contributed by atoms with Crippen LogP contribution in [0.5, 0.6) is 5.75 Å². The van der Waals surface area contributed by atoms with E-state index >= 15 is 0 Å². The van der Waals surface area contributed by atoms with Gasteiger partial charge in [0.1, 0.15) is 18.4 Å². The van der Waals surface area contributed by atoms with Crippen LogP contribution in [-0.2, 0) is 11.4 Å². The molecule has 1 amide bonds. The van der Waals surface area contributed by atoms with Crippen LogP contribution in [0.1, 0.15) is 36.1 Å². The topological polar surface area (TPSA) is 87.6 Å². The molecule has 1 aliphatic heterocycles. The second kappa shape index (κ2) is 9.97. The molecule has 3 N–H and O–H groups in total. The van der Waals surface area contributed by atoms with Gasteiger partial charge in [0, 0.05) is 24.0 Å². The fourth-order valence-corrected chi connectivity index (χ4v) is 3.36. The average molecular weight is 415 g/mol. The minimum Gasteiger partial charge on any atom is -0.489 e. The van der Waals surface area contributed by atoms with E-state index in [1.165, 1.54) is 0 Å². The summed E-state index contributed by atoms with van der Waals surface area (Å²) in [5.41, 5.74) is 12.8. The molecule has 1 aliphatic rings. The summed E-state index contributed by atoms with van der Waals surface area (Å²) in [6.07, 6.45) is 4.02. The van der Waals surface area contributed by atoms with Gasteiger partial charge in [0.2, 0.25) is 0 Å². The molecule has 0 aliphatic carbocycles. The van der Waals surface area contributed by atoms with Crippen LogP contribution in [0.15, 0.2) is 84.2 Å². The van der Waals surface area contributed by atoms with Crippen molar-refractivity contribution < 1.29 is 9.53 Å². The van der Waals surface area contributed by atoms with Gasteiger partial charge >= 0.3 is 0 Å². The highest BCUT2D eigenvalue weighted by molar-refractivity contribution is 5.99. The van der Waals surface area contributed by atoms with E-state index in [2.05, 4.69) is 26.4 Å². The zero-order valence-electron chi connectivity index (χ0n) is 17.3. The summed E-state index contributed by atoms with van der Waals surface area (Å²) in [5.74, 6) is 0.639. The Hall–Kier alpha value is -3.55. The Bertz CT molecular complexity index is 1020. The highest BCUT2D eigenvalue weighted by atomic mass is 16.5. The fourth-order valence-electron chi connectivity index (χ4n) is 3.36. The molecule has 1 saturated heterocycles. The van der Waals surface area contributed by atoms with E-state index < -0.39 is 0 Å². The summed E-state index contributed by atoms with van der Waals surface area (Å²) in [4.78, 5) is 16.5. The van der Waals surface area contributed by atoms with Crippen molar-refractivity contribution >= 4 is 11.6 Å². The van der Waals surface area contributed by atoms with Crippen LogP contribution in [-0.4, -0.2) is 22.6 Å². The Morgan fingerprint density at radius 2 is 1.81 bits per heavy atom. The first kappa shape index (κ1) is 20.7. The lowest BCUT2D eigenvalue weighted by Gasteiger charge is -2.11. The molecule has 0 saturated carbocycles.